The molecule has 3 N–H and O–H groups in total. The van der Waals surface area contributed by atoms with E-state index in [4.69, 9.17) is 11.6 Å². The lowest BCUT2D eigenvalue weighted by atomic mass is 10.1. The number of hydrogen-bond donors (Lipinski definition) is 3. The van der Waals surface area contributed by atoms with Crippen LogP contribution in [0.2, 0.25) is 5.02 Å². The van der Waals surface area contributed by atoms with Crippen molar-refractivity contribution in [2.45, 2.75) is 13.8 Å². The number of guanidine groups is 1. The Morgan fingerprint density at radius 2 is 2.00 bits per heavy atom. The second kappa shape index (κ2) is 7.81. The molecule has 2 heterocycles. The minimum atomic E-state index is -0.890. The summed E-state index contributed by atoms with van der Waals surface area (Å²) in [5.41, 5.74) is 3.55. The number of anilines is 2. The van der Waals surface area contributed by atoms with E-state index in [0.29, 0.717) is 15.8 Å². The summed E-state index contributed by atoms with van der Waals surface area (Å²) in [5.74, 6) is -1.41. The van der Waals surface area contributed by atoms with Crippen LogP contribution in [-0.2, 0) is 9.59 Å². The van der Waals surface area contributed by atoms with Crippen molar-refractivity contribution >= 4 is 61.7 Å². The number of aromatic nitrogens is 1. The molecule has 9 heteroatoms. The zero-order valence-corrected chi connectivity index (χ0v) is 17.3. The van der Waals surface area contributed by atoms with Gasteiger partial charge in [-0.15, -0.1) is 0 Å². The molecule has 29 heavy (non-hydrogen) atoms. The Hall–Kier alpha value is -2.97. The Labute approximate surface area is 176 Å². The highest BCUT2D eigenvalue weighted by Crippen LogP contribution is 2.31. The lowest BCUT2D eigenvalue weighted by molar-refractivity contribution is -0.131. The molecule has 2 amide bonds. The first-order valence-corrected chi connectivity index (χ1v) is 10.1. The van der Waals surface area contributed by atoms with Gasteiger partial charge in [0, 0.05) is 10.7 Å². The molecule has 0 saturated heterocycles. The number of fused-ring (bicyclic) bond motifs is 1. The van der Waals surface area contributed by atoms with Crippen LogP contribution in [-0.4, -0.2) is 29.3 Å². The molecule has 2 aromatic carbocycles. The molecule has 1 unspecified atom stereocenters. The summed E-state index contributed by atoms with van der Waals surface area (Å²) < 4.78 is 0.940. The topological polar surface area (TPSA) is 95.5 Å². The first-order chi connectivity index (χ1) is 13.9. The summed E-state index contributed by atoms with van der Waals surface area (Å²) in [6, 6.07) is 11.1. The minimum absolute atomic E-state index is 0.0572. The highest BCUT2D eigenvalue weighted by atomic mass is 35.5. The van der Waals surface area contributed by atoms with Crippen LogP contribution in [0, 0.1) is 19.8 Å². The number of carbonyl (C=O) groups is 2. The fourth-order valence-electron chi connectivity index (χ4n) is 2.96. The Bertz CT molecular complexity index is 1140. The molecule has 0 spiro atoms. The largest absolute Gasteiger partial charge is 0.325 e. The van der Waals surface area contributed by atoms with Gasteiger partial charge in [0.1, 0.15) is 5.92 Å². The quantitative estimate of drug-likeness (QED) is 0.555. The number of benzene rings is 2. The van der Waals surface area contributed by atoms with Crippen LogP contribution in [0.25, 0.3) is 10.2 Å². The van der Waals surface area contributed by atoms with Crippen molar-refractivity contribution in [2.24, 2.45) is 10.9 Å². The molecule has 1 atom stereocenters. The SMILES string of the molecule is Cc1ccc(NC(=O)C2CN=C(Nc3nc4c(C)cc(Cl)cc4s3)NC2=O)cc1. The standard InChI is InChI=1S/C20H18ClN5O2S/c1-10-3-5-13(6-4-10)23-17(27)14-9-22-19(25-18(14)28)26-20-24-16-11(2)7-12(21)8-15(16)29-20/h3-8,14H,9H2,1-2H3,(H,23,27)(H2,22,24,25,26,28). The third-order valence-electron chi connectivity index (χ3n) is 4.50. The smallest absolute Gasteiger partial charge is 0.241 e. The number of nitrogens with one attached hydrogen (secondary N) is 3. The molecule has 4 rings (SSSR count). The molecule has 1 aliphatic rings. The molecule has 0 bridgehead atoms. The zero-order chi connectivity index (χ0) is 20.5. The number of aliphatic imine (C=N–C) groups is 1. The number of aryl methyl sites for hydroxylation is 2. The van der Waals surface area contributed by atoms with Crippen LogP contribution >= 0.6 is 22.9 Å². The second-order valence-electron chi connectivity index (χ2n) is 6.80. The van der Waals surface area contributed by atoms with Gasteiger partial charge in [0.25, 0.3) is 0 Å². The average molecular weight is 428 g/mol. The third-order valence-corrected chi connectivity index (χ3v) is 5.64. The predicted molar refractivity (Wildman–Crippen MR) is 117 cm³/mol. The van der Waals surface area contributed by atoms with Crippen molar-refractivity contribution in [1.82, 2.24) is 10.3 Å². The van der Waals surface area contributed by atoms with E-state index in [1.165, 1.54) is 11.3 Å². The van der Waals surface area contributed by atoms with Gasteiger partial charge in [0.2, 0.25) is 17.8 Å². The van der Waals surface area contributed by atoms with Crippen LogP contribution in [0.1, 0.15) is 11.1 Å². The van der Waals surface area contributed by atoms with Gasteiger partial charge in [-0.05, 0) is 43.7 Å². The predicted octanol–water partition coefficient (Wildman–Crippen LogP) is 3.72. The summed E-state index contributed by atoms with van der Waals surface area (Å²) in [7, 11) is 0. The molecular formula is C20H18ClN5O2S. The summed E-state index contributed by atoms with van der Waals surface area (Å²) in [5, 5.41) is 9.64. The summed E-state index contributed by atoms with van der Waals surface area (Å²) >= 11 is 7.51. The third kappa shape index (κ3) is 4.23. The van der Waals surface area contributed by atoms with Crippen molar-refractivity contribution in [3.05, 3.63) is 52.5 Å². The van der Waals surface area contributed by atoms with Gasteiger partial charge in [-0.25, -0.2) is 4.98 Å². The van der Waals surface area contributed by atoms with E-state index < -0.39 is 11.8 Å². The van der Waals surface area contributed by atoms with E-state index in [1.54, 1.807) is 12.1 Å². The molecule has 0 radical (unpaired) electrons. The number of halogens is 1. The maximum atomic E-state index is 12.4. The Morgan fingerprint density at radius 3 is 2.72 bits per heavy atom. The van der Waals surface area contributed by atoms with E-state index >= 15 is 0 Å². The Morgan fingerprint density at radius 1 is 1.24 bits per heavy atom. The Balaban J connectivity index is 1.44. The van der Waals surface area contributed by atoms with Crippen LogP contribution in [0.4, 0.5) is 10.8 Å². The average Bonchev–Trinajstić information content (AvgIpc) is 3.06. The summed E-state index contributed by atoms with van der Waals surface area (Å²) in [4.78, 5) is 33.7. The van der Waals surface area contributed by atoms with Crippen LogP contribution in [0.5, 0.6) is 0 Å². The number of carbonyl (C=O) groups excluding carboxylic acids is 2. The number of amides is 2. The van der Waals surface area contributed by atoms with Crippen LogP contribution < -0.4 is 16.0 Å². The lowest BCUT2D eigenvalue weighted by Gasteiger charge is -2.21. The molecule has 148 valence electrons. The Kier molecular flexibility index (Phi) is 5.21. The molecule has 0 aliphatic carbocycles. The van der Waals surface area contributed by atoms with Gasteiger partial charge >= 0.3 is 0 Å². The van der Waals surface area contributed by atoms with E-state index in [-0.39, 0.29) is 18.4 Å². The number of rotatable bonds is 3. The van der Waals surface area contributed by atoms with Gasteiger partial charge in [-0.1, -0.05) is 40.6 Å². The number of hydrogen-bond acceptors (Lipinski definition) is 6. The normalized spacial score (nSPS) is 16.3. The second-order valence-corrected chi connectivity index (χ2v) is 8.27. The summed E-state index contributed by atoms with van der Waals surface area (Å²) in [6.45, 7) is 3.96. The summed E-state index contributed by atoms with van der Waals surface area (Å²) in [6.07, 6.45) is 0. The molecule has 0 fully saturated rings. The van der Waals surface area contributed by atoms with Gasteiger partial charge in [0.05, 0.1) is 16.8 Å². The maximum Gasteiger partial charge on any atom is 0.241 e. The van der Waals surface area contributed by atoms with Crippen LogP contribution in [0.15, 0.2) is 41.4 Å². The van der Waals surface area contributed by atoms with Crippen molar-refractivity contribution < 1.29 is 9.59 Å². The molecule has 1 aromatic heterocycles. The first-order valence-electron chi connectivity index (χ1n) is 8.95. The van der Waals surface area contributed by atoms with Crippen molar-refractivity contribution in [3.8, 4) is 0 Å². The highest BCUT2D eigenvalue weighted by Gasteiger charge is 2.31. The molecule has 3 aromatic rings. The fraction of sp³-hybridized carbons (Fsp3) is 0.200. The fourth-order valence-corrected chi connectivity index (χ4v) is 4.28. The first kappa shape index (κ1) is 19.4. The lowest BCUT2D eigenvalue weighted by Crippen LogP contribution is -2.48. The van der Waals surface area contributed by atoms with Crippen molar-refractivity contribution in [3.63, 3.8) is 0 Å². The maximum absolute atomic E-state index is 12.4. The molecule has 1 aliphatic heterocycles. The molecular weight excluding hydrogens is 410 g/mol. The van der Waals surface area contributed by atoms with Gasteiger partial charge < -0.3 is 10.6 Å². The van der Waals surface area contributed by atoms with Crippen molar-refractivity contribution in [2.75, 3.05) is 17.2 Å². The van der Waals surface area contributed by atoms with Gasteiger partial charge in [-0.2, -0.15) is 0 Å². The van der Waals surface area contributed by atoms with E-state index in [0.717, 1.165) is 21.3 Å². The zero-order valence-electron chi connectivity index (χ0n) is 15.7. The number of nitrogens with zero attached hydrogens (tertiary/aromatic N) is 2. The van der Waals surface area contributed by atoms with Crippen molar-refractivity contribution in [1.29, 1.82) is 0 Å². The van der Waals surface area contributed by atoms with Gasteiger partial charge in [-0.3, -0.25) is 19.9 Å². The van der Waals surface area contributed by atoms with Crippen LogP contribution in [0.3, 0.4) is 0 Å². The van der Waals surface area contributed by atoms with E-state index in [9.17, 15) is 9.59 Å². The van der Waals surface area contributed by atoms with E-state index in [1.807, 2.05) is 38.1 Å². The molecule has 7 nitrogen and oxygen atoms in total. The highest BCUT2D eigenvalue weighted by molar-refractivity contribution is 7.22. The molecule has 0 saturated carbocycles. The van der Waals surface area contributed by atoms with E-state index in [2.05, 4.69) is 25.9 Å². The monoisotopic (exact) mass is 427 g/mol. The number of thiazole rings is 1. The minimum Gasteiger partial charge on any atom is -0.325 e. The van der Waals surface area contributed by atoms with Gasteiger partial charge in [0.15, 0.2) is 5.13 Å².